The molecule has 0 atom stereocenters. The van der Waals surface area contributed by atoms with Crippen molar-refractivity contribution < 1.29 is 0 Å². The van der Waals surface area contributed by atoms with Crippen molar-refractivity contribution in [2.45, 2.75) is 0 Å². The van der Waals surface area contributed by atoms with Gasteiger partial charge in [-0.25, -0.2) is 0 Å². The van der Waals surface area contributed by atoms with Gasteiger partial charge in [-0.2, -0.15) is 0 Å². The average Bonchev–Trinajstić information content (AvgIpc) is 3.18. The van der Waals surface area contributed by atoms with Gasteiger partial charge in [0.2, 0.25) is 0 Å². The molecule has 0 aromatic heterocycles. The Kier molecular flexibility index (Phi) is 7.22. The zero-order valence-corrected chi connectivity index (χ0v) is 27.0. The van der Waals surface area contributed by atoms with E-state index in [0.717, 1.165) is 17.1 Å². The van der Waals surface area contributed by atoms with Crippen LogP contribution in [0.4, 0.5) is 17.1 Å². The van der Waals surface area contributed by atoms with E-state index in [9.17, 15) is 0 Å². The molecule has 0 heterocycles. The summed E-state index contributed by atoms with van der Waals surface area (Å²) in [5.41, 5.74) is 10.6. The third kappa shape index (κ3) is 5.32. The summed E-state index contributed by atoms with van der Waals surface area (Å²) in [6.45, 7) is 0. The molecule has 9 aromatic rings. The minimum absolute atomic E-state index is 1.11. The topological polar surface area (TPSA) is 3.24 Å². The highest BCUT2D eigenvalue weighted by atomic mass is 15.1. The maximum absolute atomic E-state index is 2.40. The molecule has 1 nitrogen and oxygen atoms in total. The van der Waals surface area contributed by atoms with Gasteiger partial charge < -0.3 is 4.90 Å². The average molecular weight is 624 g/mol. The summed E-state index contributed by atoms with van der Waals surface area (Å²) in [5.74, 6) is 0. The lowest BCUT2D eigenvalue weighted by atomic mass is 9.96. The van der Waals surface area contributed by atoms with Gasteiger partial charge in [-0.1, -0.05) is 164 Å². The quantitative estimate of drug-likeness (QED) is 0.167. The Balaban J connectivity index is 1.17. The Morgan fingerprint density at radius 1 is 0.265 bits per heavy atom. The first kappa shape index (κ1) is 28.8. The summed E-state index contributed by atoms with van der Waals surface area (Å²) in [7, 11) is 0. The number of benzene rings is 9. The van der Waals surface area contributed by atoms with E-state index in [1.807, 2.05) is 0 Å². The SMILES string of the molecule is c1ccc(-c2ccccc2N(c2ccc(-c3ccc4c(ccc5ccccc54)c3)cc2)c2cccc(-c3cccc4ccccc34)c2)cc1. The van der Waals surface area contributed by atoms with E-state index in [1.165, 1.54) is 65.7 Å². The molecule has 49 heavy (non-hydrogen) atoms. The summed E-state index contributed by atoms with van der Waals surface area (Å²) in [4.78, 5) is 2.40. The Bertz CT molecular complexity index is 2590. The van der Waals surface area contributed by atoms with Crippen LogP contribution < -0.4 is 4.90 Å². The van der Waals surface area contributed by atoms with Gasteiger partial charge in [0.1, 0.15) is 0 Å². The predicted octanol–water partition coefficient (Wildman–Crippen LogP) is 13.6. The van der Waals surface area contributed by atoms with Crippen molar-refractivity contribution in [3.63, 3.8) is 0 Å². The maximum atomic E-state index is 2.40. The maximum Gasteiger partial charge on any atom is 0.0540 e. The minimum Gasteiger partial charge on any atom is -0.310 e. The van der Waals surface area contributed by atoms with E-state index < -0.39 is 0 Å². The summed E-state index contributed by atoms with van der Waals surface area (Å²) in [6, 6.07) is 72.4. The Morgan fingerprint density at radius 2 is 0.857 bits per heavy atom. The zero-order valence-electron chi connectivity index (χ0n) is 27.0. The second kappa shape index (κ2) is 12.3. The fourth-order valence-corrected chi connectivity index (χ4v) is 7.24. The molecule has 0 radical (unpaired) electrons. The van der Waals surface area contributed by atoms with E-state index >= 15 is 0 Å². The molecule has 0 saturated carbocycles. The van der Waals surface area contributed by atoms with E-state index in [1.54, 1.807) is 0 Å². The monoisotopic (exact) mass is 623 g/mol. The van der Waals surface area contributed by atoms with Crippen molar-refractivity contribution in [1.29, 1.82) is 0 Å². The van der Waals surface area contributed by atoms with Crippen molar-refractivity contribution in [2.24, 2.45) is 0 Å². The van der Waals surface area contributed by atoms with Gasteiger partial charge in [0.25, 0.3) is 0 Å². The third-order valence-electron chi connectivity index (χ3n) is 9.64. The number of rotatable bonds is 6. The second-order valence-electron chi connectivity index (χ2n) is 12.6. The molecule has 0 N–H and O–H groups in total. The fourth-order valence-electron chi connectivity index (χ4n) is 7.24. The van der Waals surface area contributed by atoms with Gasteiger partial charge in [-0.3, -0.25) is 0 Å². The highest BCUT2D eigenvalue weighted by molar-refractivity contribution is 6.08. The number of anilines is 3. The number of nitrogens with zero attached hydrogens (tertiary/aromatic N) is 1. The Morgan fingerprint density at radius 3 is 1.71 bits per heavy atom. The zero-order chi connectivity index (χ0) is 32.6. The second-order valence-corrected chi connectivity index (χ2v) is 12.6. The molecular weight excluding hydrogens is 591 g/mol. The standard InChI is InChI=1S/C48H33N/c1-2-12-36(13-3-1)47-21-8-9-23-48(47)49(42-18-10-17-39(33-42)45-22-11-16-35-14-4-6-19-43(35)45)41-29-26-34(27-30-41)38-28-31-46-40(32-38)25-24-37-15-5-7-20-44(37)46/h1-33H. The largest absolute Gasteiger partial charge is 0.310 e. The van der Waals surface area contributed by atoms with Crippen molar-refractivity contribution in [3.05, 3.63) is 200 Å². The number of para-hydroxylation sites is 1. The molecule has 9 aromatic carbocycles. The van der Waals surface area contributed by atoms with Crippen LogP contribution in [0.25, 0.3) is 65.7 Å². The van der Waals surface area contributed by atoms with Crippen LogP contribution in [0.1, 0.15) is 0 Å². The van der Waals surface area contributed by atoms with Crippen LogP contribution in [-0.4, -0.2) is 0 Å². The van der Waals surface area contributed by atoms with Crippen molar-refractivity contribution in [2.75, 3.05) is 4.90 Å². The van der Waals surface area contributed by atoms with Crippen molar-refractivity contribution in [1.82, 2.24) is 0 Å². The molecule has 0 aliphatic carbocycles. The normalized spacial score (nSPS) is 11.3. The molecule has 0 fully saturated rings. The molecule has 0 aliphatic rings. The van der Waals surface area contributed by atoms with Crippen molar-refractivity contribution in [3.8, 4) is 33.4 Å². The van der Waals surface area contributed by atoms with Crippen LogP contribution in [0, 0.1) is 0 Å². The summed E-state index contributed by atoms with van der Waals surface area (Å²) < 4.78 is 0. The van der Waals surface area contributed by atoms with Gasteiger partial charge in [0, 0.05) is 16.9 Å². The van der Waals surface area contributed by atoms with E-state index in [4.69, 9.17) is 0 Å². The van der Waals surface area contributed by atoms with E-state index in [0.29, 0.717) is 0 Å². The van der Waals surface area contributed by atoms with Crippen molar-refractivity contribution >= 4 is 49.4 Å². The molecule has 0 amide bonds. The lowest BCUT2D eigenvalue weighted by Gasteiger charge is -2.28. The third-order valence-corrected chi connectivity index (χ3v) is 9.64. The van der Waals surface area contributed by atoms with Crippen LogP contribution in [0.3, 0.4) is 0 Å². The summed E-state index contributed by atoms with van der Waals surface area (Å²) in [5, 5.41) is 7.60. The van der Waals surface area contributed by atoms with Gasteiger partial charge in [-0.15, -0.1) is 0 Å². The van der Waals surface area contributed by atoms with Gasteiger partial charge >= 0.3 is 0 Å². The molecule has 0 aliphatic heterocycles. The van der Waals surface area contributed by atoms with Crippen LogP contribution in [0.5, 0.6) is 0 Å². The highest BCUT2D eigenvalue weighted by Crippen LogP contribution is 2.43. The molecule has 0 bridgehead atoms. The molecule has 0 unspecified atom stereocenters. The van der Waals surface area contributed by atoms with E-state index in [-0.39, 0.29) is 0 Å². The highest BCUT2D eigenvalue weighted by Gasteiger charge is 2.18. The predicted molar refractivity (Wildman–Crippen MR) is 210 cm³/mol. The van der Waals surface area contributed by atoms with Crippen LogP contribution in [-0.2, 0) is 0 Å². The molecule has 0 saturated heterocycles. The van der Waals surface area contributed by atoms with E-state index in [2.05, 4.69) is 205 Å². The summed E-state index contributed by atoms with van der Waals surface area (Å²) in [6.07, 6.45) is 0. The van der Waals surface area contributed by atoms with Crippen LogP contribution >= 0.6 is 0 Å². The fraction of sp³-hybridized carbons (Fsp3) is 0. The number of hydrogen-bond donors (Lipinski definition) is 0. The number of hydrogen-bond acceptors (Lipinski definition) is 1. The minimum atomic E-state index is 1.11. The summed E-state index contributed by atoms with van der Waals surface area (Å²) >= 11 is 0. The van der Waals surface area contributed by atoms with Gasteiger partial charge in [0.05, 0.1) is 5.69 Å². The first-order valence-corrected chi connectivity index (χ1v) is 16.8. The first-order chi connectivity index (χ1) is 24.3. The van der Waals surface area contributed by atoms with Gasteiger partial charge in [0.15, 0.2) is 0 Å². The Hall–Kier alpha value is -6.44. The first-order valence-electron chi connectivity index (χ1n) is 16.8. The van der Waals surface area contributed by atoms with Gasteiger partial charge in [-0.05, 0) is 96.5 Å². The molecular formula is C48H33N. The molecule has 0 spiro atoms. The lowest BCUT2D eigenvalue weighted by Crippen LogP contribution is -2.11. The Labute approximate surface area is 287 Å². The van der Waals surface area contributed by atoms with Crippen LogP contribution in [0.15, 0.2) is 200 Å². The number of fused-ring (bicyclic) bond motifs is 4. The van der Waals surface area contributed by atoms with Crippen LogP contribution in [0.2, 0.25) is 0 Å². The lowest BCUT2D eigenvalue weighted by molar-refractivity contribution is 1.28. The smallest absolute Gasteiger partial charge is 0.0540 e. The molecule has 1 heteroatoms. The molecule has 9 rings (SSSR count). The molecule has 230 valence electrons.